The molecule has 0 amide bonds. The zero-order valence-corrected chi connectivity index (χ0v) is 11.0. The Kier molecular flexibility index (Phi) is 4.61. The van der Waals surface area contributed by atoms with Crippen LogP contribution >= 0.6 is 11.6 Å². The number of hydrogen-bond donors (Lipinski definition) is 1. The summed E-state index contributed by atoms with van der Waals surface area (Å²) in [6.07, 6.45) is 3.93. The van der Waals surface area contributed by atoms with E-state index in [4.69, 9.17) is 22.1 Å². The lowest BCUT2D eigenvalue weighted by atomic mass is 9.85. The van der Waals surface area contributed by atoms with Gasteiger partial charge in [-0.1, -0.05) is 36.6 Å². The number of nitrogens with two attached hydrogens (primary N) is 1. The Bertz CT molecular complexity index is 422. The number of esters is 1. The number of carbonyl (C=O) groups is 1. The van der Waals surface area contributed by atoms with Crippen molar-refractivity contribution in [3.05, 3.63) is 34.9 Å². The highest BCUT2D eigenvalue weighted by molar-refractivity contribution is 6.30. The smallest absolute Gasteiger partial charge is 0.310 e. The Morgan fingerprint density at radius 2 is 2.17 bits per heavy atom. The molecule has 0 heterocycles. The quantitative estimate of drug-likeness (QED) is 0.857. The van der Waals surface area contributed by atoms with Crippen molar-refractivity contribution in [2.45, 2.75) is 38.3 Å². The first kappa shape index (κ1) is 13.4. The van der Waals surface area contributed by atoms with Crippen LogP contribution in [0.1, 0.15) is 31.2 Å². The van der Waals surface area contributed by atoms with E-state index in [9.17, 15) is 4.79 Å². The van der Waals surface area contributed by atoms with Gasteiger partial charge in [-0.3, -0.25) is 4.79 Å². The Hall–Kier alpha value is -1.06. The summed E-state index contributed by atoms with van der Waals surface area (Å²) < 4.78 is 5.32. The van der Waals surface area contributed by atoms with Gasteiger partial charge in [-0.05, 0) is 30.5 Å². The minimum Gasteiger partial charge on any atom is -0.461 e. The van der Waals surface area contributed by atoms with Gasteiger partial charge in [0, 0.05) is 11.1 Å². The fourth-order valence-electron chi connectivity index (χ4n) is 2.34. The average molecular weight is 268 g/mol. The number of hydrogen-bond acceptors (Lipinski definition) is 3. The van der Waals surface area contributed by atoms with Crippen LogP contribution in [0.25, 0.3) is 0 Å². The molecule has 3 nitrogen and oxygen atoms in total. The molecule has 0 bridgehead atoms. The van der Waals surface area contributed by atoms with E-state index in [1.807, 2.05) is 12.1 Å². The summed E-state index contributed by atoms with van der Waals surface area (Å²) in [6, 6.07) is 7.28. The fourth-order valence-corrected chi connectivity index (χ4v) is 2.55. The first-order valence-corrected chi connectivity index (χ1v) is 6.71. The maximum absolute atomic E-state index is 11.9. The molecule has 98 valence electrons. The summed E-state index contributed by atoms with van der Waals surface area (Å²) in [5.74, 6) is -0.319. The molecule has 1 fully saturated rings. The molecule has 2 unspecified atom stereocenters. The molecular weight excluding hydrogens is 250 g/mol. The molecule has 2 N–H and O–H groups in total. The zero-order valence-electron chi connectivity index (χ0n) is 10.3. The zero-order chi connectivity index (χ0) is 13.0. The summed E-state index contributed by atoms with van der Waals surface area (Å²) in [5, 5.41) is 0.651. The first-order chi connectivity index (χ1) is 8.66. The lowest BCUT2D eigenvalue weighted by Gasteiger charge is -2.26. The van der Waals surface area contributed by atoms with Gasteiger partial charge in [0.1, 0.15) is 6.61 Å². The summed E-state index contributed by atoms with van der Waals surface area (Å²) in [4.78, 5) is 11.9. The third-order valence-electron chi connectivity index (χ3n) is 3.39. The number of carbonyl (C=O) groups excluding carboxylic acids is 1. The highest BCUT2D eigenvalue weighted by Gasteiger charge is 2.29. The van der Waals surface area contributed by atoms with Crippen LogP contribution in [0, 0.1) is 5.92 Å². The molecule has 4 heteroatoms. The molecule has 0 aromatic heterocycles. The summed E-state index contributed by atoms with van der Waals surface area (Å²) in [5.41, 5.74) is 6.85. The highest BCUT2D eigenvalue weighted by atomic mass is 35.5. The monoisotopic (exact) mass is 267 g/mol. The van der Waals surface area contributed by atoms with Crippen molar-refractivity contribution in [2.75, 3.05) is 0 Å². The SMILES string of the molecule is NC1CCCCC1C(=O)OCc1cccc(Cl)c1. The van der Waals surface area contributed by atoms with E-state index in [0.29, 0.717) is 5.02 Å². The second kappa shape index (κ2) is 6.21. The Morgan fingerprint density at radius 1 is 1.39 bits per heavy atom. The van der Waals surface area contributed by atoms with Crippen molar-refractivity contribution in [3.63, 3.8) is 0 Å². The van der Waals surface area contributed by atoms with Gasteiger partial charge in [0.25, 0.3) is 0 Å². The normalized spacial score (nSPS) is 23.7. The van der Waals surface area contributed by atoms with Crippen LogP contribution in [0.4, 0.5) is 0 Å². The topological polar surface area (TPSA) is 52.3 Å². The van der Waals surface area contributed by atoms with Gasteiger partial charge in [-0.25, -0.2) is 0 Å². The van der Waals surface area contributed by atoms with E-state index in [0.717, 1.165) is 31.2 Å². The molecular formula is C14H18ClNO2. The molecule has 0 saturated heterocycles. The molecule has 0 aliphatic heterocycles. The lowest BCUT2D eigenvalue weighted by molar-refractivity contribution is -0.151. The predicted molar refractivity (Wildman–Crippen MR) is 71.2 cm³/mol. The van der Waals surface area contributed by atoms with Gasteiger partial charge in [-0.15, -0.1) is 0 Å². The molecule has 1 aromatic carbocycles. The third-order valence-corrected chi connectivity index (χ3v) is 3.63. The molecule has 1 aliphatic rings. The predicted octanol–water partition coefficient (Wildman–Crippen LogP) is 2.90. The second-order valence-electron chi connectivity index (χ2n) is 4.79. The number of ether oxygens (including phenoxy) is 1. The van der Waals surface area contributed by atoms with E-state index in [1.54, 1.807) is 12.1 Å². The molecule has 2 rings (SSSR count). The van der Waals surface area contributed by atoms with Crippen molar-refractivity contribution in [1.82, 2.24) is 0 Å². The van der Waals surface area contributed by atoms with E-state index in [1.165, 1.54) is 0 Å². The van der Waals surface area contributed by atoms with Gasteiger partial charge >= 0.3 is 5.97 Å². The number of rotatable bonds is 3. The molecule has 18 heavy (non-hydrogen) atoms. The maximum atomic E-state index is 11.9. The average Bonchev–Trinajstić information content (AvgIpc) is 2.37. The van der Waals surface area contributed by atoms with Crippen molar-refractivity contribution in [3.8, 4) is 0 Å². The first-order valence-electron chi connectivity index (χ1n) is 6.33. The molecule has 1 aromatic rings. The van der Waals surface area contributed by atoms with Crippen LogP contribution in [0.3, 0.4) is 0 Å². The van der Waals surface area contributed by atoms with Crippen LogP contribution in [0.15, 0.2) is 24.3 Å². The van der Waals surface area contributed by atoms with Crippen LogP contribution in [0.2, 0.25) is 5.02 Å². The standard InChI is InChI=1S/C14H18ClNO2/c15-11-5-3-4-10(8-11)9-18-14(17)12-6-1-2-7-13(12)16/h3-5,8,12-13H,1-2,6-7,9,16H2. The van der Waals surface area contributed by atoms with Crippen LogP contribution in [-0.4, -0.2) is 12.0 Å². The van der Waals surface area contributed by atoms with Crippen molar-refractivity contribution < 1.29 is 9.53 Å². The minimum absolute atomic E-state index is 0.0504. The summed E-state index contributed by atoms with van der Waals surface area (Å²) in [7, 11) is 0. The van der Waals surface area contributed by atoms with E-state index in [-0.39, 0.29) is 24.5 Å². The molecule has 2 atom stereocenters. The lowest BCUT2D eigenvalue weighted by Crippen LogP contribution is -2.38. The van der Waals surface area contributed by atoms with Crippen LogP contribution < -0.4 is 5.73 Å². The largest absolute Gasteiger partial charge is 0.461 e. The number of halogens is 1. The van der Waals surface area contributed by atoms with Gasteiger partial charge in [0.2, 0.25) is 0 Å². The van der Waals surface area contributed by atoms with Crippen molar-refractivity contribution in [1.29, 1.82) is 0 Å². The van der Waals surface area contributed by atoms with Gasteiger partial charge in [0.05, 0.1) is 5.92 Å². The Balaban J connectivity index is 1.88. The second-order valence-corrected chi connectivity index (χ2v) is 5.23. The molecule has 0 radical (unpaired) electrons. The molecule has 0 spiro atoms. The fraction of sp³-hybridized carbons (Fsp3) is 0.500. The van der Waals surface area contributed by atoms with Crippen LogP contribution in [-0.2, 0) is 16.1 Å². The van der Waals surface area contributed by atoms with E-state index < -0.39 is 0 Å². The van der Waals surface area contributed by atoms with Gasteiger partial charge in [-0.2, -0.15) is 0 Å². The van der Waals surface area contributed by atoms with Crippen LogP contribution in [0.5, 0.6) is 0 Å². The minimum atomic E-state index is -0.179. The Morgan fingerprint density at radius 3 is 2.89 bits per heavy atom. The van der Waals surface area contributed by atoms with Gasteiger partial charge in [0.15, 0.2) is 0 Å². The summed E-state index contributed by atoms with van der Waals surface area (Å²) in [6.45, 7) is 0.266. The maximum Gasteiger partial charge on any atom is 0.310 e. The van der Waals surface area contributed by atoms with E-state index >= 15 is 0 Å². The molecule has 1 saturated carbocycles. The Labute approximate surface area is 112 Å². The van der Waals surface area contributed by atoms with E-state index in [2.05, 4.69) is 0 Å². The van der Waals surface area contributed by atoms with Crippen molar-refractivity contribution in [2.24, 2.45) is 11.7 Å². The van der Waals surface area contributed by atoms with Gasteiger partial charge < -0.3 is 10.5 Å². The summed E-state index contributed by atoms with van der Waals surface area (Å²) >= 11 is 5.87. The highest BCUT2D eigenvalue weighted by Crippen LogP contribution is 2.24. The van der Waals surface area contributed by atoms with Crippen molar-refractivity contribution >= 4 is 17.6 Å². The third kappa shape index (κ3) is 3.47. The molecule has 1 aliphatic carbocycles. The number of benzene rings is 1.